The average molecular weight is 271 g/mol. The maximum atomic E-state index is 6.05. The molecule has 0 aliphatic rings. The number of rotatable bonds is 5. The highest BCUT2D eigenvalue weighted by Gasteiger charge is 2.14. The third-order valence-electron chi connectivity index (χ3n) is 4.21. The van der Waals surface area contributed by atoms with Gasteiger partial charge in [0.1, 0.15) is 0 Å². The van der Waals surface area contributed by atoms with Crippen LogP contribution in [0.1, 0.15) is 39.3 Å². The molecule has 1 heterocycles. The second kappa shape index (κ2) is 6.12. The summed E-state index contributed by atoms with van der Waals surface area (Å²) >= 11 is 0. The first-order valence-electron chi connectivity index (χ1n) is 7.48. The van der Waals surface area contributed by atoms with E-state index < -0.39 is 0 Å². The van der Waals surface area contributed by atoms with Crippen LogP contribution in [0.2, 0.25) is 0 Å². The molecule has 0 spiro atoms. The maximum Gasteiger partial charge on any atom is 0.0424 e. The third-order valence-corrected chi connectivity index (χ3v) is 4.21. The second-order valence-electron chi connectivity index (χ2n) is 5.58. The molecule has 3 nitrogen and oxygen atoms in total. The number of aromatic nitrogens is 1. The molecule has 0 fully saturated rings. The normalized spacial score (nSPS) is 12.8. The van der Waals surface area contributed by atoms with Crippen LogP contribution in [0, 0.1) is 12.8 Å². The fourth-order valence-corrected chi connectivity index (χ4v) is 2.85. The van der Waals surface area contributed by atoms with Crippen LogP contribution in [0.4, 0.5) is 11.4 Å². The molecule has 0 bridgehead atoms. The standard InChI is InChI=1S/C17H25N3/c1-5-13(6-2)12(4)20-17-8-7-16(18)15-10-19-11(3)9-14(15)17/h7-10,12-13,20H,5-6,18H2,1-4H3. The van der Waals surface area contributed by atoms with E-state index in [9.17, 15) is 0 Å². The molecule has 0 amide bonds. The molecule has 1 aromatic heterocycles. The lowest BCUT2D eigenvalue weighted by atomic mass is 9.95. The molecule has 3 N–H and O–H groups in total. The van der Waals surface area contributed by atoms with Crippen molar-refractivity contribution in [3.63, 3.8) is 0 Å². The number of aryl methyl sites for hydroxylation is 1. The first-order valence-corrected chi connectivity index (χ1v) is 7.48. The van der Waals surface area contributed by atoms with E-state index in [0.717, 1.165) is 27.8 Å². The van der Waals surface area contributed by atoms with Crippen molar-refractivity contribution in [2.75, 3.05) is 11.1 Å². The van der Waals surface area contributed by atoms with Crippen LogP contribution in [0.5, 0.6) is 0 Å². The Labute approximate surface area is 121 Å². The largest absolute Gasteiger partial charge is 0.398 e. The number of nitrogens with one attached hydrogen (secondary N) is 1. The molecule has 0 aliphatic carbocycles. The Morgan fingerprint density at radius 1 is 1.20 bits per heavy atom. The highest BCUT2D eigenvalue weighted by atomic mass is 14.9. The third kappa shape index (κ3) is 2.87. The monoisotopic (exact) mass is 271 g/mol. The summed E-state index contributed by atoms with van der Waals surface area (Å²) in [7, 11) is 0. The van der Waals surface area contributed by atoms with Gasteiger partial charge in [-0.05, 0) is 38.0 Å². The second-order valence-corrected chi connectivity index (χ2v) is 5.58. The van der Waals surface area contributed by atoms with Gasteiger partial charge in [-0.3, -0.25) is 4.98 Å². The number of nitrogen functional groups attached to an aromatic ring is 1. The SMILES string of the molecule is CCC(CC)C(C)Nc1ccc(N)c2cnc(C)cc12. The summed E-state index contributed by atoms with van der Waals surface area (Å²) in [6.07, 6.45) is 4.25. The summed E-state index contributed by atoms with van der Waals surface area (Å²) in [4.78, 5) is 4.35. The lowest BCUT2D eigenvalue weighted by Crippen LogP contribution is -2.25. The molecule has 2 aromatic rings. The molecule has 3 heteroatoms. The van der Waals surface area contributed by atoms with Gasteiger partial charge in [-0.2, -0.15) is 0 Å². The van der Waals surface area contributed by atoms with Gasteiger partial charge in [-0.25, -0.2) is 0 Å². The van der Waals surface area contributed by atoms with Gasteiger partial charge in [0.25, 0.3) is 0 Å². The van der Waals surface area contributed by atoms with Gasteiger partial charge in [-0.15, -0.1) is 0 Å². The Morgan fingerprint density at radius 2 is 1.90 bits per heavy atom. The Bertz CT molecular complexity index is 588. The number of benzene rings is 1. The molecule has 2 rings (SSSR count). The van der Waals surface area contributed by atoms with Crippen LogP contribution in [-0.4, -0.2) is 11.0 Å². The van der Waals surface area contributed by atoms with Crippen molar-refractivity contribution in [3.8, 4) is 0 Å². The van der Waals surface area contributed by atoms with Gasteiger partial charge in [0.05, 0.1) is 0 Å². The number of nitrogens with two attached hydrogens (primary N) is 1. The smallest absolute Gasteiger partial charge is 0.0424 e. The molecule has 108 valence electrons. The number of nitrogens with zero attached hydrogens (tertiary/aromatic N) is 1. The minimum absolute atomic E-state index is 0.449. The fraction of sp³-hybridized carbons (Fsp3) is 0.471. The van der Waals surface area contributed by atoms with E-state index in [1.54, 1.807) is 0 Å². The molecule has 0 aliphatic heterocycles. The van der Waals surface area contributed by atoms with E-state index >= 15 is 0 Å². The Morgan fingerprint density at radius 3 is 2.55 bits per heavy atom. The van der Waals surface area contributed by atoms with Crippen molar-refractivity contribution in [1.82, 2.24) is 4.98 Å². The average Bonchev–Trinajstić information content (AvgIpc) is 2.43. The summed E-state index contributed by atoms with van der Waals surface area (Å²) in [5.41, 5.74) is 9.00. The number of hydrogen-bond donors (Lipinski definition) is 2. The van der Waals surface area contributed by atoms with E-state index in [4.69, 9.17) is 5.73 Å². The van der Waals surface area contributed by atoms with E-state index in [2.05, 4.69) is 43.2 Å². The summed E-state index contributed by atoms with van der Waals surface area (Å²) in [6.45, 7) is 8.77. The molecule has 1 aromatic carbocycles. The summed E-state index contributed by atoms with van der Waals surface area (Å²) in [5, 5.41) is 5.85. The highest BCUT2D eigenvalue weighted by Crippen LogP contribution is 2.30. The zero-order valence-corrected chi connectivity index (χ0v) is 12.9. The van der Waals surface area contributed by atoms with Crippen LogP contribution in [0.25, 0.3) is 10.8 Å². The summed E-state index contributed by atoms with van der Waals surface area (Å²) < 4.78 is 0. The van der Waals surface area contributed by atoms with Gasteiger partial charge < -0.3 is 11.1 Å². The number of anilines is 2. The van der Waals surface area contributed by atoms with Crippen LogP contribution < -0.4 is 11.1 Å². The Balaban J connectivity index is 2.39. The topological polar surface area (TPSA) is 50.9 Å². The van der Waals surface area contributed by atoms with Crippen molar-refractivity contribution in [1.29, 1.82) is 0 Å². The van der Waals surface area contributed by atoms with Crippen LogP contribution in [0.3, 0.4) is 0 Å². The van der Waals surface area contributed by atoms with E-state index in [0.29, 0.717) is 12.0 Å². The predicted molar refractivity (Wildman–Crippen MR) is 88.0 cm³/mol. The van der Waals surface area contributed by atoms with Gasteiger partial charge in [0.2, 0.25) is 0 Å². The van der Waals surface area contributed by atoms with Crippen molar-refractivity contribution < 1.29 is 0 Å². The van der Waals surface area contributed by atoms with Crippen LogP contribution >= 0.6 is 0 Å². The minimum atomic E-state index is 0.449. The molecule has 0 saturated heterocycles. The Kier molecular flexibility index (Phi) is 4.48. The molecule has 0 radical (unpaired) electrons. The number of fused-ring (bicyclic) bond motifs is 1. The molecular formula is C17H25N3. The van der Waals surface area contributed by atoms with Gasteiger partial charge in [-0.1, -0.05) is 26.7 Å². The highest BCUT2D eigenvalue weighted by molar-refractivity contribution is 6.00. The number of hydrogen-bond acceptors (Lipinski definition) is 3. The lowest BCUT2D eigenvalue weighted by Gasteiger charge is -2.24. The maximum absolute atomic E-state index is 6.05. The van der Waals surface area contributed by atoms with Crippen LogP contribution in [-0.2, 0) is 0 Å². The van der Waals surface area contributed by atoms with E-state index in [1.165, 1.54) is 12.8 Å². The zero-order valence-electron chi connectivity index (χ0n) is 12.9. The molecular weight excluding hydrogens is 246 g/mol. The van der Waals surface area contributed by atoms with Crippen molar-refractivity contribution >= 4 is 22.1 Å². The minimum Gasteiger partial charge on any atom is -0.398 e. The van der Waals surface area contributed by atoms with E-state index in [-0.39, 0.29) is 0 Å². The van der Waals surface area contributed by atoms with Crippen molar-refractivity contribution in [2.45, 2.75) is 46.6 Å². The fourth-order valence-electron chi connectivity index (χ4n) is 2.85. The molecule has 1 unspecified atom stereocenters. The van der Waals surface area contributed by atoms with Crippen LogP contribution in [0.15, 0.2) is 24.4 Å². The van der Waals surface area contributed by atoms with Gasteiger partial charge in [0, 0.05) is 40.1 Å². The summed E-state index contributed by atoms with van der Waals surface area (Å²) in [6, 6.07) is 6.59. The van der Waals surface area contributed by atoms with Gasteiger partial charge >= 0.3 is 0 Å². The quantitative estimate of drug-likeness (QED) is 0.794. The summed E-state index contributed by atoms with van der Waals surface area (Å²) in [5.74, 6) is 0.686. The molecule has 20 heavy (non-hydrogen) atoms. The lowest BCUT2D eigenvalue weighted by molar-refractivity contribution is 0.438. The van der Waals surface area contributed by atoms with Gasteiger partial charge in [0.15, 0.2) is 0 Å². The predicted octanol–water partition coefficient (Wildman–Crippen LogP) is 4.36. The van der Waals surface area contributed by atoms with E-state index in [1.807, 2.05) is 19.2 Å². The molecule has 1 atom stereocenters. The number of pyridine rings is 1. The molecule has 0 saturated carbocycles. The zero-order chi connectivity index (χ0) is 14.7. The Hall–Kier alpha value is -1.77. The van der Waals surface area contributed by atoms with Crippen molar-refractivity contribution in [3.05, 3.63) is 30.1 Å². The van der Waals surface area contributed by atoms with Crippen molar-refractivity contribution in [2.24, 2.45) is 5.92 Å². The first kappa shape index (κ1) is 14.6. The first-order chi connectivity index (χ1) is 9.56.